The second-order valence-corrected chi connectivity index (χ2v) is 8.70. The van der Waals surface area contributed by atoms with Gasteiger partial charge in [-0.2, -0.15) is 0 Å². The molecule has 4 heteroatoms. The molecule has 1 saturated carbocycles. The Bertz CT molecular complexity index is 650. The van der Waals surface area contributed by atoms with Gasteiger partial charge in [0.1, 0.15) is 5.82 Å². The van der Waals surface area contributed by atoms with Gasteiger partial charge in [-0.15, -0.1) is 0 Å². The molecule has 0 spiro atoms. The number of halogens is 1. The van der Waals surface area contributed by atoms with Crippen molar-refractivity contribution in [1.82, 2.24) is 4.90 Å². The van der Waals surface area contributed by atoms with E-state index in [1.807, 2.05) is 12.1 Å². The average Bonchev–Trinajstić information content (AvgIpc) is 3.22. The zero-order valence-corrected chi connectivity index (χ0v) is 14.9. The summed E-state index contributed by atoms with van der Waals surface area (Å²) in [7, 11) is 0. The third-order valence-electron chi connectivity index (χ3n) is 6.32. The summed E-state index contributed by atoms with van der Waals surface area (Å²) in [6.45, 7) is 7.49. The summed E-state index contributed by atoms with van der Waals surface area (Å²) in [5, 5.41) is 0. The van der Waals surface area contributed by atoms with Gasteiger partial charge in [-0.25, -0.2) is 4.39 Å². The van der Waals surface area contributed by atoms with E-state index in [9.17, 15) is 9.18 Å². The van der Waals surface area contributed by atoms with E-state index in [4.69, 9.17) is 0 Å². The molecule has 2 atom stereocenters. The van der Waals surface area contributed by atoms with E-state index in [1.54, 1.807) is 0 Å². The number of fused-ring (bicyclic) bond motifs is 1. The Hall–Kier alpha value is -1.58. The van der Waals surface area contributed by atoms with E-state index in [1.165, 1.54) is 12.1 Å². The first-order chi connectivity index (χ1) is 11.3. The molecular formula is C20H27FN2O. The molecule has 3 aliphatic rings. The van der Waals surface area contributed by atoms with Crippen molar-refractivity contribution in [2.45, 2.75) is 70.5 Å². The molecule has 1 aromatic carbocycles. The molecule has 2 aliphatic heterocycles. The summed E-state index contributed by atoms with van der Waals surface area (Å²) in [6, 6.07) is 7.45. The Kier molecular flexibility index (Phi) is 3.45. The number of rotatable bonds is 2. The van der Waals surface area contributed by atoms with Gasteiger partial charge in [-0.1, -0.05) is 6.92 Å². The summed E-state index contributed by atoms with van der Waals surface area (Å²) < 4.78 is 13.3. The average molecular weight is 330 g/mol. The monoisotopic (exact) mass is 330 g/mol. The molecule has 130 valence electrons. The lowest BCUT2D eigenvalue weighted by molar-refractivity contribution is -0.140. The highest BCUT2D eigenvalue weighted by Crippen LogP contribution is 2.50. The van der Waals surface area contributed by atoms with Crippen LogP contribution >= 0.6 is 0 Å². The van der Waals surface area contributed by atoms with Crippen molar-refractivity contribution in [2.75, 3.05) is 11.4 Å². The maximum Gasteiger partial charge on any atom is 0.228 e. The predicted molar refractivity (Wildman–Crippen MR) is 93.4 cm³/mol. The Labute approximate surface area is 143 Å². The van der Waals surface area contributed by atoms with Crippen LogP contribution in [0.15, 0.2) is 24.3 Å². The molecule has 3 fully saturated rings. The fourth-order valence-electron chi connectivity index (χ4n) is 4.79. The van der Waals surface area contributed by atoms with Crippen LogP contribution in [-0.2, 0) is 4.79 Å². The summed E-state index contributed by atoms with van der Waals surface area (Å²) in [5.41, 5.74) is 0.941. The van der Waals surface area contributed by atoms with Gasteiger partial charge >= 0.3 is 0 Å². The number of carbonyl (C=O) groups is 1. The van der Waals surface area contributed by atoms with Crippen molar-refractivity contribution in [3.8, 4) is 0 Å². The minimum atomic E-state index is -0.200. The van der Waals surface area contributed by atoms with Crippen molar-refractivity contribution in [1.29, 1.82) is 0 Å². The van der Waals surface area contributed by atoms with Crippen LogP contribution in [0.2, 0.25) is 0 Å². The quantitative estimate of drug-likeness (QED) is 0.819. The number of piperidine rings is 1. The third-order valence-corrected chi connectivity index (χ3v) is 6.32. The van der Waals surface area contributed by atoms with Gasteiger partial charge < -0.3 is 9.80 Å². The highest BCUT2D eigenvalue weighted by Gasteiger charge is 2.55. The molecule has 1 amide bonds. The molecular weight excluding hydrogens is 303 g/mol. The molecule has 0 radical (unpaired) electrons. The van der Waals surface area contributed by atoms with Gasteiger partial charge in [-0.3, -0.25) is 4.79 Å². The van der Waals surface area contributed by atoms with E-state index in [0.29, 0.717) is 11.9 Å². The lowest BCUT2D eigenvalue weighted by Crippen LogP contribution is -2.54. The minimum Gasteiger partial charge on any atom is -0.361 e. The van der Waals surface area contributed by atoms with Gasteiger partial charge in [0.15, 0.2) is 0 Å². The van der Waals surface area contributed by atoms with E-state index in [2.05, 4.69) is 30.6 Å². The molecule has 4 rings (SSSR count). The first-order valence-corrected chi connectivity index (χ1v) is 9.18. The summed E-state index contributed by atoms with van der Waals surface area (Å²) >= 11 is 0. The van der Waals surface area contributed by atoms with Crippen LogP contribution < -0.4 is 4.90 Å². The number of likely N-dealkylation sites (tertiary alicyclic amines) is 1. The molecule has 1 aliphatic carbocycles. The van der Waals surface area contributed by atoms with Crippen LogP contribution in [0.25, 0.3) is 0 Å². The van der Waals surface area contributed by atoms with E-state index >= 15 is 0 Å². The predicted octanol–water partition coefficient (Wildman–Crippen LogP) is 3.97. The molecule has 0 unspecified atom stereocenters. The zero-order chi connectivity index (χ0) is 17.1. The van der Waals surface area contributed by atoms with E-state index in [0.717, 1.165) is 44.3 Å². The SMILES string of the molecule is CC1(C(=O)N2CCC[C@H]3[C@@H]2CC(C)(C)N3c2ccc(F)cc2)CC1. The topological polar surface area (TPSA) is 23.6 Å². The van der Waals surface area contributed by atoms with Crippen molar-refractivity contribution in [3.05, 3.63) is 30.1 Å². The lowest BCUT2D eigenvalue weighted by atomic mass is 9.92. The van der Waals surface area contributed by atoms with Crippen molar-refractivity contribution < 1.29 is 9.18 Å². The molecule has 2 heterocycles. The number of benzene rings is 1. The van der Waals surface area contributed by atoms with E-state index in [-0.39, 0.29) is 22.8 Å². The van der Waals surface area contributed by atoms with Crippen LogP contribution in [0, 0.1) is 11.2 Å². The maximum atomic E-state index is 13.3. The van der Waals surface area contributed by atoms with Gasteiger partial charge in [0.25, 0.3) is 0 Å². The highest BCUT2D eigenvalue weighted by atomic mass is 19.1. The molecule has 2 saturated heterocycles. The Morgan fingerprint density at radius 2 is 1.79 bits per heavy atom. The second-order valence-electron chi connectivity index (χ2n) is 8.70. The zero-order valence-electron chi connectivity index (χ0n) is 14.9. The number of hydrogen-bond acceptors (Lipinski definition) is 2. The Morgan fingerprint density at radius 1 is 1.12 bits per heavy atom. The molecule has 0 aromatic heterocycles. The molecule has 0 N–H and O–H groups in total. The largest absolute Gasteiger partial charge is 0.361 e. The highest BCUT2D eigenvalue weighted by molar-refractivity contribution is 5.85. The number of nitrogens with zero attached hydrogens (tertiary/aromatic N) is 2. The van der Waals surface area contributed by atoms with Gasteiger partial charge in [0, 0.05) is 23.2 Å². The van der Waals surface area contributed by atoms with Crippen LogP contribution in [0.4, 0.5) is 10.1 Å². The lowest BCUT2D eigenvalue weighted by Gasteiger charge is -2.43. The molecule has 1 aromatic rings. The fourth-order valence-corrected chi connectivity index (χ4v) is 4.79. The van der Waals surface area contributed by atoms with Crippen LogP contribution in [-0.4, -0.2) is 35.0 Å². The minimum absolute atomic E-state index is 0.0273. The number of anilines is 1. The first kappa shape index (κ1) is 15.9. The van der Waals surface area contributed by atoms with E-state index < -0.39 is 0 Å². The van der Waals surface area contributed by atoms with Crippen LogP contribution in [0.5, 0.6) is 0 Å². The van der Waals surface area contributed by atoms with Gasteiger partial charge in [0.2, 0.25) is 5.91 Å². The Balaban J connectivity index is 1.65. The standard InChI is InChI=1S/C20H27FN2O/c1-19(2)13-17-16(23(19)15-8-6-14(21)7-9-15)5-4-12-22(17)18(24)20(3)10-11-20/h6-9,16-17H,4-5,10-13H2,1-3H3/t16-,17-/m0/s1. The number of carbonyl (C=O) groups excluding carboxylic acids is 1. The summed E-state index contributed by atoms with van der Waals surface area (Å²) in [4.78, 5) is 17.6. The molecule has 0 bridgehead atoms. The molecule has 24 heavy (non-hydrogen) atoms. The van der Waals surface area contributed by atoms with Crippen molar-refractivity contribution in [2.24, 2.45) is 5.41 Å². The smallest absolute Gasteiger partial charge is 0.228 e. The molecule has 3 nitrogen and oxygen atoms in total. The van der Waals surface area contributed by atoms with Crippen LogP contribution in [0.3, 0.4) is 0 Å². The van der Waals surface area contributed by atoms with Gasteiger partial charge in [-0.05, 0) is 70.2 Å². The Morgan fingerprint density at radius 3 is 2.42 bits per heavy atom. The van der Waals surface area contributed by atoms with Crippen molar-refractivity contribution >= 4 is 11.6 Å². The van der Waals surface area contributed by atoms with Gasteiger partial charge in [0.05, 0.1) is 12.1 Å². The van der Waals surface area contributed by atoms with Crippen molar-refractivity contribution in [3.63, 3.8) is 0 Å². The third kappa shape index (κ3) is 2.42. The van der Waals surface area contributed by atoms with Crippen LogP contribution in [0.1, 0.15) is 52.9 Å². The summed E-state index contributed by atoms with van der Waals surface area (Å²) in [6.07, 6.45) is 5.20. The fraction of sp³-hybridized carbons (Fsp3) is 0.650. The summed E-state index contributed by atoms with van der Waals surface area (Å²) in [5.74, 6) is 0.156. The second kappa shape index (κ2) is 5.21. The maximum absolute atomic E-state index is 13.3. The number of amides is 1. The first-order valence-electron chi connectivity index (χ1n) is 9.18. The number of hydrogen-bond donors (Lipinski definition) is 0. The normalized spacial score (nSPS) is 30.2.